The van der Waals surface area contributed by atoms with Gasteiger partial charge in [0.2, 0.25) is 0 Å². The first kappa shape index (κ1) is 14.5. The van der Waals surface area contributed by atoms with E-state index in [1.54, 1.807) is 12.1 Å². The van der Waals surface area contributed by atoms with Crippen LogP contribution >= 0.6 is 0 Å². The number of ketones is 1. The van der Waals surface area contributed by atoms with Crippen molar-refractivity contribution in [2.45, 2.75) is 32.1 Å². The average molecular weight is 290 g/mol. The standard InChI is InChI=1S/C17H23FN2O/c18-15-8-4-7-14(16(15)20-10-2-1-3-11-20)17(21)13-6-5-9-19-12-13/h4,7-8,13,19H,1-3,5-6,9-12H2/t13-/m1/s1. The molecule has 3 rings (SSSR count). The van der Waals surface area contributed by atoms with Gasteiger partial charge in [0, 0.05) is 31.1 Å². The molecule has 2 aliphatic heterocycles. The maximum atomic E-state index is 14.4. The first-order chi connectivity index (χ1) is 10.3. The molecule has 0 aliphatic carbocycles. The molecule has 0 radical (unpaired) electrons. The van der Waals surface area contributed by atoms with Gasteiger partial charge in [-0.2, -0.15) is 0 Å². The van der Waals surface area contributed by atoms with Gasteiger partial charge in [-0.1, -0.05) is 6.07 Å². The summed E-state index contributed by atoms with van der Waals surface area (Å²) in [5.74, 6) is -0.169. The summed E-state index contributed by atoms with van der Waals surface area (Å²) in [7, 11) is 0. The molecular formula is C17H23FN2O. The van der Waals surface area contributed by atoms with E-state index in [9.17, 15) is 9.18 Å². The molecule has 2 fully saturated rings. The summed E-state index contributed by atoms with van der Waals surface area (Å²) in [6.07, 6.45) is 5.27. The van der Waals surface area contributed by atoms with E-state index < -0.39 is 0 Å². The Morgan fingerprint density at radius 1 is 1.19 bits per heavy atom. The van der Waals surface area contributed by atoms with Gasteiger partial charge in [-0.25, -0.2) is 4.39 Å². The smallest absolute Gasteiger partial charge is 0.169 e. The predicted octanol–water partition coefficient (Wildman–Crippen LogP) is 3.00. The van der Waals surface area contributed by atoms with Gasteiger partial charge in [0.1, 0.15) is 5.82 Å². The summed E-state index contributed by atoms with van der Waals surface area (Å²) < 4.78 is 14.4. The zero-order valence-electron chi connectivity index (χ0n) is 12.4. The molecule has 21 heavy (non-hydrogen) atoms. The number of Topliss-reactive ketones (excluding diaryl/α,β-unsaturated/α-hetero) is 1. The molecule has 0 saturated carbocycles. The molecule has 2 saturated heterocycles. The molecule has 0 bridgehead atoms. The molecule has 1 atom stereocenters. The normalized spacial score (nSPS) is 23.1. The minimum absolute atomic E-state index is 0.0101. The Kier molecular flexibility index (Phi) is 4.54. The van der Waals surface area contributed by atoms with E-state index in [-0.39, 0.29) is 17.5 Å². The minimum atomic E-state index is -0.258. The lowest BCUT2D eigenvalue weighted by Gasteiger charge is -2.31. The summed E-state index contributed by atoms with van der Waals surface area (Å²) in [4.78, 5) is 14.8. The SMILES string of the molecule is O=C(c1cccc(F)c1N1CCCCC1)[C@@H]1CCCNC1. The molecule has 114 valence electrons. The Labute approximate surface area is 125 Å². The maximum Gasteiger partial charge on any atom is 0.169 e. The van der Waals surface area contributed by atoms with Crippen molar-refractivity contribution in [2.24, 2.45) is 5.92 Å². The number of nitrogens with zero attached hydrogens (tertiary/aromatic N) is 1. The Morgan fingerprint density at radius 3 is 2.71 bits per heavy atom. The van der Waals surface area contributed by atoms with Crippen LogP contribution < -0.4 is 10.2 Å². The molecular weight excluding hydrogens is 267 g/mol. The topological polar surface area (TPSA) is 32.3 Å². The number of hydrogen-bond donors (Lipinski definition) is 1. The van der Waals surface area contributed by atoms with E-state index in [1.165, 1.54) is 12.5 Å². The lowest BCUT2D eigenvalue weighted by molar-refractivity contribution is 0.0899. The summed E-state index contributed by atoms with van der Waals surface area (Å²) in [5, 5.41) is 3.27. The number of carbonyl (C=O) groups is 1. The van der Waals surface area contributed by atoms with Crippen molar-refractivity contribution in [3.05, 3.63) is 29.6 Å². The molecule has 1 aromatic carbocycles. The maximum absolute atomic E-state index is 14.4. The summed E-state index contributed by atoms with van der Waals surface area (Å²) in [5.41, 5.74) is 1.11. The summed E-state index contributed by atoms with van der Waals surface area (Å²) in [6.45, 7) is 3.40. The molecule has 2 aliphatic rings. The minimum Gasteiger partial charge on any atom is -0.369 e. The zero-order valence-corrected chi connectivity index (χ0v) is 12.4. The van der Waals surface area contributed by atoms with Crippen LogP contribution in [0.3, 0.4) is 0 Å². The van der Waals surface area contributed by atoms with Crippen LogP contribution in [0.4, 0.5) is 10.1 Å². The molecule has 2 heterocycles. The van der Waals surface area contributed by atoms with Crippen LogP contribution in [0.2, 0.25) is 0 Å². The number of anilines is 1. The van der Waals surface area contributed by atoms with E-state index in [0.717, 1.165) is 51.9 Å². The summed E-state index contributed by atoms with van der Waals surface area (Å²) in [6, 6.07) is 4.93. The van der Waals surface area contributed by atoms with Crippen LogP contribution in [-0.2, 0) is 0 Å². The van der Waals surface area contributed by atoms with Crippen LogP contribution in [-0.4, -0.2) is 32.0 Å². The molecule has 0 aromatic heterocycles. The van der Waals surface area contributed by atoms with Gasteiger partial charge >= 0.3 is 0 Å². The molecule has 0 amide bonds. The molecule has 4 heteroatoms. The first-order valence-corrected chi connectivity index (χ1v) is 8.06. The van der Waals surface area contributed by atoms with Crippen LogP contribution in [0, 0.1) is 11.7 Å². The van der Waals surface area contributed by atoms with Gasteiger partial charge in [0.15, 0.2) is 5.78 Å². The van der Waals surface area contributed by atoms with Gasteiger partial charge in [-0.15, -0.1) is 0 Å². The van der Waals surface area contributed by atoms with Crippen LogP contribution in [0.1, 0.15) is 42.5 Å². The lowest BCUT2D eigenvalue weighted by atomic mass is 9.89. The fraction of sp³-hybridized carbons (Fsp3) is 0.588. The number of carbonyl (C=O) groups excluding carboxylic acids is 1. The third-order valence-electron chi connectivity index (χ3n) is 4.59. The number of benzene rings is 1. The monoisotopic (exact) mass is 290 g/mol. The fourth-order valence-corrected chi connectivity index (χ4v) is 3.45. The molecule has 1 aromatic rings. The lowest BCUT2D eigenvalue weighted by Crippen LogP contribution is -2.36. The van der Waals surface area contributed by atoms with Crippen molar-refractivity contribution >= 4 is 11.5 Å². The van der Waals surface area contributed by atoms with E-state index in [1.807, 2.05) is 0 Å². The second-order valence-electron chi connectivity index (χ2n) is 6.09. The van der Waals surface area contributed by atoms with Crippen molar-refractivity contribution in [2.75, 3.05) is 31.1 Å². The van der Waals surface area contributed by atoms with Gasteiger partial charge in [0.25, 0.3) is 0 Å². The fourth-order valence-electron chi connectivity index (χ4n) is 3.45. The van der Waals surface area contributed by atoms with E-state index in [0.29, 0.717) is 11.3 Å². The second-order valence-corrected chi connectivity index (χ2v) is 6.09. The third-order valence-corrected chi connectivity index (χ3v) is 4.59. The Hall–Kier alpha value is -1.42. The molecule has 0 unspecified atom stereocenters. The highest BCUT2D eigenvalue weighted by Crippen LogP contribution is 2.30. The number of hydrogen-bond acceptors (Lipinski definition) is 3. The molecule has 3 nitrogen and oxygen atoms in total. The van der Waals surface area contributed by atoms with E-state index in [4.69, 9.17) is 0 Å². The zero-order chi connectivity index (χ0) is 14.7. The third kappa shape index (κ3) is 3.10. The van der Waals surface area contributed by atoms with E-state index >= 15 is 0 Å². The van der Waals surface area contributed by atoms with Gasteiger partial charge in [-0.3, -0.25) is 4.79 Å². The molecule has 1 N–H and O–H groups in total. The second kappa shape index (κ2) is 6.56. The number of rotatable bonds is 3. The van der Waals surface area contributed by atoms with Crippen molar-refractivity contribution in [1.29, 1.82) is 0 Å². The van der Waals surface area contributed by atoms with E-state index in [2.05, 4.69) is 10.2 Å². The van der Waals surface area contributed by atoms with Crippen molar-refractivity contribution < 1.29 is 9.18 Å². The Bertz CT molecular complexity index is 506. The highest BCUT2D eigenvalue weighted by atomic mass is 19.1. The van der Waals surface area contributed by atoms with Crippen LogP contribution in [0.5, 0.6) is 0 Å². The average Bonchev–Trinajstić information content (AvgIpc) is 2.55. The van der Waals surface area contributed by atoms with Crippen LogP contribution in [0.15, 0.2) is 18.2 Å². The number of para-hydroxylation sites is 1. The highest BCUT2D eigenvalue weighted by molar-refractivity contribution is 6.03. The first-order valence-electron chi connectivity index (χ1n) is 8.06. The molecule has 0 spiro atoms. The van der Waals surface area contributed by atoms with Gasteiger partial charge in [-0.05, 0) is 50.8 Å². The largest absolute Gasteiger partial charge is 0.369 e. The predicted molar refractivity (Wildman–Crippen MR) is 82.4 cm³/mol. The van der Waals surface area contributed by atoms with Gasteiger partial charge in [0.05, 0.1) is 5.69 Å². The highest BCUT2D eigenvalue weighted by Gasteiger charge is 2.27. The number of nitrogens with one attached hydrogen (secondary N) is 1. The summed E-state index contributed by atoms with van der Waals surface area (Å²) >= 11 is 0. The van der Waals surface area contributed by atoms with Crippen molar-refractivity contribution in [1.82, 2.24) is 5.32 Å². The van der Waals surface area contributed by atoms with Crippen LogP contribution in [0.25, 0.3) is 0 Å². The number of halogens is 1. The Morgan fingerprint density at radius 2 is 2.00 bits per heavy atom. The quantitative estimate of drug-likeness (QED) is 0.869. The Balaban J connectivity index is 1.90. The van der Waals surface area contributed by atoms with Crippen molar-refractivity contribution in [3.8, 4) is 0 Å². The van der Waals surface area contributed by atoms with Crippen molar-refractivity contribution in [3.63, 3.8) is 0 Å². The van der Waals surface area contributed by atoms with Gasteiger partial charge < -0.3 is 10.2 Å². The number of piperidine rings is 2.